The van der Waals surface area contributed by atoms with Gasteiger partial charge in [-0.05, 0) is 29.2 Å². The number of nitrogens with zero attached hydrogens (tertiary/aromatic N) is 3. The Kier molecular flexibility index (Phi) is 7.99. The smallest absolute Gasteiger partial charge is 0.164 e. The third-order valence-electron chi connectivity index (χ3n) is 6.45. The predicted octanol–water partition coefficient (Wildman–Crippen LogP) is 9.54. The first kappa shape index (κ1) is 25.7. The molecule has 3 heteroatoms. The number of hydrogen-bond donors (Lipinski definition) is 0. The molecule has 3 nitrogen and oxygen atoms in total. The number of benzene rings is 5. The zero-order chi connectivity index (χ0) is 27.0. The Hall–Kier alpha value is -4.89. The second-order valence-corrected chi connectivity index (χ2v) is 9.06. The third kappa shape index (κ3) is 6.00. The van der Waals surface area contributed by atoms with Crippen molar-refractivity contribution in [3.8, 4) is 56.4 Å². The highest BCUT2D eigenvalue weighted by molar-refractivity contribution is 5.72. The summed E-state index contributed by atoms with van der Waals surface area (Å²) in [6.45, 7) is 6.08. The lowest BCUT2D eigenvalue weighted by Crippen LogP contribution is -2.00. The van der Waals surface area contributed by atoms with Gasteiger partial charge in [0.1, 0.15) is 0 Å². The molecule has 0 saturated carbocycles. The summed E-state index contributed by atoms with van der Waals surface area (Å²) in [5.41, 5.74) is 8.77. The molecule has 0 saturated heterocycles. The van der Waals surface area contributed by atoms with Crippen molar-refractivity contribution < 1.29 is 0 Å². The van der Waals surface area contributed by atoms with Crippen molar-refractivity contribution in [2.24, 2.45) is 0 Å². The van der Waals surface area contributed by atoms with Gasteiger partial charge in [0.2, 0.25) is 0 Å². The molecular weight excluding hydrogens is 474 g/mol. The van der Waals surface area contributed by atoms with Gasteiger partial charge in [-0.25, -0.2) is 15.0 Å². The molecule has 5 aromatic carbocycles. The van der Waals surface area contributed by atoms with E-state index in [-0.39, 0.29) is 0 Å². The Bertz CT molecular complexity index is 1520. The minimum Gasteiger partial charge on any atom is -0.208 e. The van der Waals surface area contributed by atoms with Crippen LogP contribution >= 0.6 is 0 Å². The molecule has 0 bridgehead atoms. The van der Waals surface area contributed by atoms with E-state index in [0.29, 0.717) is 17.5 Å². The van der Waals surface area contributed by atoms with Gasteiger partial charge in [-0.1, -0.05) is 153 Å². The van der Waals surface area contributed by atoms with Gasteiger partial charge in [-0.15, -0.1) is 0 Å². The van der Waals surface area contributed by atoms with Gasteiger partial charge in [0.05, 0.1) is 0 Å². The highest BCUT2D eigenvalue weighted by atomic mass is 15.0. The van der Waals surface area contributed by atoms with Crippen LogP contribution in [0.3, 0.4) is 0 Å². The van der Waals surface area contributed by atoms with Crippen molar-refractivity contribution in [3.05, 3.63) is 139 Å². The van der Waals surface area contributed by atoms with E-state index in [0.717, 1.165) is 27.8 Å². The summed E-state index contributed by atoms with van der Waals surface area (Å²) >= 11 is 0. The van der Waals surface area contributed by atoms with E-state index in [9.17, 15) is 0 Å². The lowest BCUT2D eigenvalue weighted by Gasteiger charge is -2.10. The Balaban J connectivity index is 0.00000151. The fourth-order valence-corrected chi connectivity index (χ4v) is 4.35. The van der Waals surface area contributed by atoms with Crippen LogP contribution in [0.25, 0.3) is 56.4 Å². The highest BCUT2D eigenvalue weighted by Crippen LogP contribution is 2.28. The van der Waals surface area contributed by atoms with Gasteiger partial charge in [-0.3, -0.25) is 0 Å². The molecule has 0 aliphatic carbocycles. The summed E-state index contributed by atoms with van der Waals surface area (Å²) in [5, 5.41) is 0. The maximum absolute atomic E-state index is 4.90. The van der Waals surface area contributed by atoms with E-state index in [1.165, 1.54) is 16.7 Å². The quantitative estimate of drug-likeness (QED) is 0.234. The van der Waals surface area contributed by atoms with Gasteiger partial charge < -0.3 is 0 Å². The van der Waals surface area contributed by atoms with Crippen molar-refractivity contribution in [1.82, 2.24) is 15.0 Å². The van der Waals surface area contributed by atoms with Crippen LogP contribution < -0.4 is 0 Å². The summed E-state index contributed by atoms with van der Waals surface area (Å²) < 4.78 is 0. The summed E-state index contributed by atoms with van der Waals surface area (Å²) in [6, 6.07) is 45.8. The lowest BCUT2D eigenvalue weighted by atomic mass is 10.0. The van der Waals surface area contributed by atoms with Crippen LogP contribution in [0, 0.1) is 6.92 Å². The molecule has 0 spiro atoms. The van der Waals surface area contributed by atoms with Crippen LogP contribution in [0.15, 0.2) is 133 Å². The summed E-state index contributed by atoms with van der Waals surface area (Å²) in [4.78, 5) is 14.6. The van der Waals surface area contributed by atoms with Crippen LogP contribution in [0.5, 0.6) is 0 Å². The van der Waals surface area contributed by atoms with Crippen LogP contribution in [0.1, 0.15) is 19.4 Å². The summed E-state index contributed by atoms with van der Waals surface area (Å²) in [6.07, 6.45) is 0. The van der Waals surface area contributed by atoms with Gasteiger partial charge in [-0.2, -0.15) is 0 Å². The Labute approximate surface area is 230 Å². The predicted molar refractivity (Wildman–Crippen MR) is 163 cm³/mol. The number of aromatic nitrogens is 3. The van der Waals surface area contributed by atoms with Crippen molar-refractivity contribution in [2.75, 3.05) is 0 Å². The first-order valence-electron chi connectivity index (χ1n) is 13.4. The van der Waals surface area contributed by atoms with E-state index in [2.05, 4.69) is 128 Å². The third-order valence-corrected chi connectivity index (χ3v) is 6.45. The highest BCUT2D eigenvalue weighted by Gasteiger charge is 2.13. The molecule has 6 rings (SSSR count). The molecule has 39 heavy (non-hydrogen) atoms. The molecule has 1 aromatic heterocycles. The molecule has 6 aromatic rings. The van der Waals surface area contributed by atoms with E-state index in [4.69, 9.17) is 15.0 Å². The van der Waals surface area contributed by atoms with Gasteiger partial charge >= 0.3 is 0 Å². The van der Waals surface area contributed by atoms with Crippen molar-refractivity contribution in [1.29, 1.82) is 0 Å². The van der Waals surface area contributed by atoms with Crippen LogP contribution in [-0.2, 0) is 0 Å². The van der Waals surface area contributed by atoms with E-state index < -0.39 is 0 Å². The van der Waals surface area contributed by atoms with E-state index in [1.807, 2.05) is 26.0 Å². The molecule has 1 heterocycles. The molecule has 0 atom stereocenters. The fraction of sp³-hybridized carbons (Fsp3) is 0.0833. The Morgan fingerprint density at radius 2 is 0.564 bits per heavy atom. The minimum atomic E-state index is 0.660. The molecule has 0 unspecified atom stereocenters. The maximum Gasteiger partial charge on any atom is 0.164 e. The number of rotatable bonds is 5. The van der Waals surface area contributed by atoms with Crippen molar-refractivity contribution in [2.45, 2.75) is 20.8 Å². The number of aryl methyl sites for hydroxylation is 1. The van der Waals surface area contributed by atoms with Crippen LogP contribution in [0.4, 0.5) is 0 Å². The van der Waals surface area contributed by atoms with Crippen LogP contribution in [-0.4, -0.2) is 15.0 Å². The second kappa shape index (κ2) is 12.1. The van der Waals surface area contributed by atoms with Gasteiger partial charge in [0.15, 0.2) is 17.5 Å². The monoisotopic (exact) mass is 505 g/mol. The number of hydrogen-bond acceptors (Lipinski definition) is 3. The molecule has 0 aliphatic rings. The SMILES string of the molecule is CC.Cc1ccc(-c2nc(-c3ccc(-c4ccccc4)cc3)nc(-c3ccc(-c4ccccc4)cc3)n2)cc1. The normalized spacial score (nSPS) is 10.4. The summed E-state index contributed by atoms with van der Waals surface area (Å²) in [7, 11) is 0. The molecular formula is C36H31N3. The largest absolute Gasteiger partial charge is 0.208 e. The van der Waals surface area contributed by atoms with Crippen molar-refractivity contribution >= 4 is 0 Å². The lowest BCUT2D eigenvalue weighted by molar-refractivity contribution is 1.07. The summed E-state index contributed by atoms with van der Waals surface area (Å²) in [5.74, 6) is 1.99. The average Bonchev–Trinajstić information content (AvgIpc) is 3.03. The van der Waals surface area contributed by atoms with Crippen LogP contribution in [0.2, 0.25) is 0 Å². The average molecular weight is 506 g/mol. The molecule has 0 N–H and O–H groups in total. The minimum absolute atomic E-state index is 0.660. The molecule has 0 amide bonds. The van der Waals surface area contributed by atoms with Crippen molar-refractivity contribution in [3.63, 3.8) is 0 Å². The Morgan fingerprint density at radius 3 is 0.897 bits per heavy atom. The molecule has 190 valence electrons. The molecule has 0 radical (unpaired) electrons. The topological polar surface area (TPSA) is 38.7 Å². The van der Waals surface area contributed by atoms with E-state index >= 15 is 0 Å². The molecule has 0 aliphatic heterocycles. The van der Waals surface area contributed by atoms with Gasteiger partial charge in [0.25, 0.3) is 0 Å². The first-order valence-corrected chi connectivity index (χ1v) is 13.4. The molecule has 0 fully saturated rings. The zero-order valence-corrected chi connectivity index (χ0v) is 22.5. The van der Waals surface area contributed by atoms with Gasteiger partial charge in [0, 0.05) is 16.7 Å². The zero-order valence-electron chi connectivity index (χ0n) is 22.5. The standard InChI is InChI=1S/C34H25N3.C2H6/c1-24-12-14-29(15-13-24)32-35-33(30-20-16-27(17-21-30)25-8-4-2-5-9-25)37-34(36-32)31-22-18-28(19-23-31)26-10-6-3-7-11-26;1-2/h2-23H,1H3;1-2H3. The fourth-order valence-electron chi connectivity index (χ4n) is 4.35. The first-order chi connectivity index (χ1) is 19.2. The Morgan fingerprint density at radius 1 is 0.308 bits per heavy atom. The second-order valence-electron chi connectivity index (χ2n) is 9.06. The maximum atomic E-state index is 4.90. The van der Waals surface area contributed by atoms with E-state index in [1.54, 1.807) is 0 Å².